The lowest BCUT2D eigenvalue weighted by Crippen LogP contribution is -2.27. The lowest BCUT2D eigenvalue weighted by atomic mass is 9.92. The van der Waals surface area contributed by atoms with E-state index in [1.165, 1.54) is 11.1 Å². The number of benzene rings is 1. The molecule has 0 aliphatic heterocycles. The SMILES string of the molecule is CCn1c(=O)c2cnc(Nc3ccc4c(c3)CC(N(C)C)C4)cc2n1-c1cccc(C(C)(C)C)n1. The van der Waals surface area contributed by atoms with Gasteiger partial charge in [-0.1, -0.05) is 32.9 Å². The Hall–Kier alpha value is -3.45. The van der Waals surface area contributed by atoms with E-state index in [0.717, 1.165) is 35.6 Å². The van der Waals surface area contributed by atoms with Crippen LogP contribution in [0.1, 0.15) is 44.5 Å². The van der Waals surface area contributed by atoms with Crippen molar-refractivity contribution in [1.82, 2.24) is 24.2 Å². The Labute approximate surface area is 206 Å². The first-order valence-corrected chi connectivity index (χ1v) is 12.3. The van der Waals surface area contributed by atoms with Crippen molar-refractivity contribution in [3.05, 3.63) is 75.8 Å². The molecule has 3 heterocycles. The van der Waals surface area contributed by atoms with Crippen LogP contribution in [0.15, 0.2) is 53.5 Å². The molecule has 0 saturated heterocycles. The van der Waals surface area contributed by atoms with E-state index in [9.17, 15) is 4.79 Å². The molecule has 0 amide bonds. The van der Waals surface area contributed by atoms with Crippen LogP contribution in [0.2, 0.25) is 0 Å². The summed E-state index contributed by atoms with van der Waals surface area (Å²) in [6.45, 7) is 8.94. The van der Waals surface area contributed by atoms with Gasteiger partial charge in [0.15, 0.2) is 5.82 Å². The van der Waals surface area contributed by atoms with Crippen LogP contribution in [-0.4, -0.2) is 44.4 Å². The maximum Gasteiger partial charge on any atom is 0.276 e. The van der Waals surface area contributed by atoms with Gasteiger partial charge in [0.1, 0.15) is 5.82 Å². The van der Waals surface area contributed by atoms with Crippen molar-refractivity contribution in [3.63, 3.8) is 0 Å². The van der Waals surface area contributed by atoms with Crippen molar-refractivity contribution in [1.29, 1.82) is 0 Å². The molecular weight excluding hydrogens is 436 g/mol. The number of nitrogens with zero attached hydrogens (tertiary/aromatic N) is 5. The van der Waals surface area contributed by atoms with Crippen LogP contribution >= 0.6 is 0 Å². The van der Waals surface area contributed by atoms with Crippen molar-refractivity contribution in [2.75, 3.05) is 19.4 Å². The molecule has 0 fully saturated rings. The molecule has 0 saturated carbocycles. The highest BCUT2D eigenvalue weighted by atomic mass is 16.1. The van der Waals surface area contributed by atoms with Crippen LogP contribution < -0.4 is 10.9 Å². The summed E-state index contributed by atoms with van der Waals surface area (Å²) in [5.74, 6) is 1.43. The van der Waals surface area contributed by atoms with Gasteiger partial charge in [-0.05, 0) is 69.3 Å². The summed E-state index contributed by atoms with van der Waals surface area (Å²) in [5, 5.41) is 4.05. The van der Waals surface area contributed by atoms with Crippen molar-refractivity contribution in [3.8, 4) is 5.82 Å². The first-order valence-electron chi connectivity index (χ1n) is 12.3. The minimum atomic E-state index is -0.0935. The highest BCUT2D eigenvalue weighted by molar-refractivity contribution is 5.82. The molecule has 3 aromatic heterocycles. The van der Waals surface area contributed by atoms with Crippen molar-refractivity contribution < 1.29 is 0 Å². The second-order valence-electron chi connectivity index (χ2n) is 10.7. The van der Waals surface area contributed by atoms with Crippen LogP contribution in [0.25, 0.3) is 16.7 Å². The molecule has 4 aromatic rings. The molecule has 0 spiro atoms. The number of pyridine rings is 2. The average Bonchev–Trinajstić information content (AvgIpc) is 3.37. The second-order valence-corrected chi connectivity index (χ2v) is 10.7. The number of hydrogen-bond acceptors (Lipinski definition) is 5. The Bertz CT molecular complexity index is 1460. The first kappa shape index (κ1) is 23.3. The van der Waals surface area contributed by atoms with Gasteiger partial charge in [0.05, 0.1) is 10.9 Å². The fourth-order valence-electron chi connectivity index (χ4n) is 4.89. The first-order chi connectivity index (χ1) is 16.7. The van der Waals surface area contributed by atoms with E-state index in [1.54, 1.807) is 10.9 Å². The number of hydrogen-bond donors (Lipinski definition) is 1. The third-order valence-electron chi connectivity index (χ3n) is 6.96. The summed E-state index contributed by atoms with van der Waals surface area (Å²) in [7, 11) is 4.28. The number of anilines is 2. The van der Waals surface area contributed by atoms with Gasteiger partial charge in [-0.25, -0.2) is 19.3 Å². The van der Waals surface area contributed by atoms with E-state index >= 15 is 0 Å². The van der Waals surface area contributed by atoms with Crippen molar-refractivity contribution in [2.24, 2.45) is 0 Å². The topological polar surface area (TPSA) is 68.0 Å². The smallest absolute Gasteiger partial charge is 0.276 e. The predicted molar refractivity (Wildman–Crippen MR) is 142 cm³/mol. The van der Waals surface area contributed by atoms with E-state index in [0.29, 0.717) is 23.8 Å². The normalized spacial score (nSPS) is 15.7. The molecule has 35 heavy (non-hydrogen) atoms. The van der Waals surface area contributed by atoms with E-state index in [2.05, 4.69) is 68.3 Å². The van der Waals surface area contributed by atoms with Gasteiger partial charge in [0, 0.05) is 41.6 Å². The molecule has 0 bridgehead atoms. The highest BCUT2D eigenvalue weighted by Gasteiger charge is 2.23. The lowest BCUT2D eigenvalue weighted by Gasteiger charge is -2.19. The largest absolute Gasteiger partial charge is 0.340 e. The molecule has 7 nitrogen and oxygen atoms in total. The van der Waals surface area contributed by atoms with E-state index in [4.69, 9.17) is 4.98 Å². The molecule has 1 aliphatic carbocycles. The zero-order valence-electron chi connectivity index (χ0n) is 21.5. The van der Waals surface area contributed by atoms with Crippen LogP contribution in [0.5, 0.6) is 0 Å². The number of aromatic nitrogens is 4. The monoisotopic (exact) mass is 470 g/mol. The Balaban J connectivity index is 1.55. The zero-order valence-corrected chi connectivity index (χ0v) is 21.5. The highest BCUT2D eigenvalue weighted by Crippen LogP contribution is 2.29. The summed E-state index contributed by atoms with van der Waals surface area (Å²) in [6, 6.07) is 15.0. The van der Waals surface area contributed by atoms with E-state index in [1.807, 2.05) is 35.9 Å². The van der Waals surface area contributed by atoms with Gasteiger partial charge in [-0.2, -0.15) is 0 Å². The maximum atomic E-state index is 13.2. The summed E-state index contributed by atoms with van der Waals surface area (Å²) < 4.78 is 3.64. The molecule has 1 aromatic carbocycles. The molecule has 0 radical (unpaired) electrons. The standard InChI is InChI=1S/C28H34N6O/c1-7-33-27(35)22-17-29-25(30-20-12-11-18-14-21(32(5)6)15-19(18)13-20)16-23(22)34(33)26-10-8-9-24(31-26)28(2,3)4/h8-13,16-17,21H,7,14-15H2,1-6H3,(H,29,30). The molecule has 182 valence electrons. The molecule has 1 N–H and O–H groups in total. The average molecular weight is 471 g/mol. The Kier molecular flexibility index (Phi) is 5.75. The Morgan fingerprint density at radius 2 is 1.86 bits per heavy atom. The van der Waals surface area contributed by atoms with Crippen LogP contribution in [0.4, 0.5) is 11.5 Å². The summed E-state index contributed by atoms with van der Waals surface area (Å²) in [5.41, 5.74) is 5.42. The third kappa shape index (κ3) is 4.25. The van der Waals surface area contributed by atoms with E-state index in [-0.39, 0.29) is 11.0 Å². The van der Waals surface area contributed by atoms with E-state index < -0.39 is 0 Å². The van der Waals surface area contributed by atoms with Gasteiger partial charge in [-0.15, -0.1) is 0 Å². The molecular formula is C28H34N6O. The molecule has 1 atom stereocenters. The number of rotatable bonds is 5. The fourth-order valence-corrected chi connectivity index (χ4v) is 4.89. The zero-order chi connectivity index (χ0) is 24.9. The maximum absolute atomic E-state index is 13.2. The summed E-state index contributed by atoms with van der Waals surface area (Å²) >= 11 is 0. The van der Waals surface area contributed by atoms with Gasteiger partial charge in [0.25, 0.3) is 5.56 Å². The molecule has 5 rings (SSSR count). The van der Waals surface area contributed by atoms with Gasteiger partial charge >= 0.3 is 0 Å². The quantitative estimate of drug-likeness (QED) is 0.459. The molecule has 1 aliphatic rings. The van der Waals surface area contributed by atoms with Crippen LogP contribution in [-0.2, 0) is 24.8 Å². The number of fused-ring (bicyclic) bond motifs is 2. The second kappa shape index (κ2) is 8.64. The fraction of sp³-hybridized carbons (Fsp3) is 0.393. The van der Waals surface area contributed by atoms with Gasteiger partial charge in [-0.3, -0.25) is 4.79 Å². The van der Waals surface area contributed by atoms with Gasteiger partial charge in [0.2, 0.25) is 0 Å². The number of nitrogens with one attached hydrogen (secondary N) is 1. The van der Waals surface area contributed by atoms with Crippen molar-refractivity contribution >= 4 is 22.4 Å². The van der Waals surface area contributed by atoms with Crippen LogP contribution in [0, 0.1) is 0 Å². The minimum absolute atomic E-state index is 0.0585. The summed E-state index contributed by atoms with van der Waals surface area (Å²) in [4.78, 5) is 25.0. The van der Waals surface area contributed by atoms with Gasteiger partial charge < -0.3 is 10.2 Å². The lowest BCUT2D eigenvalue weighted by molar-refractivity contribution is 0.303. The van der Waals surface area contributed by atoms with Crippen molar-refractivity contribution in [2.45, 2.75) is 58.5 Å². The third-order valence-corrected chi connectivity index (χ3v) is 6.96. The molecule has 1 unspecified atom stereocenters. The Morgan fingerprint density at radius 1 is 1.09 bits per heavy atom. The minimum Gasteiger partial charge on any atom is -0.340 e. The Morgan fingerprint density at radius 3 is 2.57 bits per heavy atom. The molecule has 7 heteroatoms. The van der Waals surface area contributed by atoms with Crippen LogP contribution in [0.3, 0.4) is 0 Å². The number of likely N-dealkylation sites (N-methyl/N-ethyl adjacent to an activating group) is 1. The summed E-state index contributed by atoms with van der Waals surface area (Å²) in [6.07, 6.45) is 3.81. The predicted octanol–water partition coefficient (Wildman–Crippen LogP) is 4.67.